The van der Waals surface area contributed by atoms with E-state index in [1.54, 1.807) is 6.07 Å². The Hall–Kier alpha value is -1.18. The Morgan fingerprint density at radius 3 is 2.60 bits per heavy atom. The summed E-state index contributed by atoms with van der Waals surface area (Å²) in [7, 11) is -0.677. The van der Waals surface area contributed by atoms with Crippen LogP contribution in [-0.4, -0.2) is 46.5 Å². The second-order valence-electron chi connectivity index (χ2n) is 4.48. The predicted octanol–water partition coefficient (Wildman–Crippen LogP) is 1.44. The van der Waals surface area contributed by atoms with Gasteiger partial charge in [-0.3, -0.25) is 4.31 Å². The lowest BCUT2D eigenvalue weighted by Gasteiger charge is -2.26. The van der Waals surface area contributed by atoms with Crippen LogP contribution in [0.2, 0.25) is 0 Å². The predicted molar refractivity (Wildman–Crippen MR) is 79.5 cm³/mol. The first-order chi connectivity index (χ1) is 9.39. The molecule has 0 aromatic heterocycles. The molecule has 0 radical (unpaired) electrons. The molecule has 0 saturated heterocycles. The highest BCUT2D eigenvalue weighted by molar-refractivity contribution is 7.90. The Kier molecular flexibility index (Phi) is 6.38. The Bertz CT molecular complexity index is 522. The van der Waals surface area contributed by atoms with Gasteiger partial charge in [-0.25, -0.2) is 4.39 Å². The van der Waals surface area contributed by atoms with E-state index >= 15 is 0 Å². The van der Waals surface area contributed by atoms with Crippen LogP contribution < -0.4 is 9.62 Å². The zero-order valence-electron chi connectivity index (χ0n) is 12.1. The highest BCUT2D eigenvalue weighted by Crippen LogP contribution is 2.18. The largest absolute Gasteiger partial charge is 0.317 e. The summed E-state index contributed by atoms with van der Waals surface area (Å²) >= 11 is 0. The number of hydrogen-bond donors (Lipinski definition) is 1. The molecule has 20 heavy (non-hydrogen) atoms. The molecule has 0 spiro atoms. The lowest BCUT2D eigenvalue weighted by atomic mass is 10.3. The van der Waals surface area contributed by atoms with Gasteiger partial charge < -0.3 is 5.32 Å². The number of nitrogens with one attached hydrogen (secondary N) is 1. The molecule has 1 aromatic carbocycles. The van der Waals surface area contributed by atoms with E-state index in [1.165, 1.54) is 36.6 Å². The minimum absolute atomic E-state index is 0.309. The monoisotopic (exact) mass is 303 g/mol. The fraction of sp³-hybridized carbons (Fsp3) is 0.538. The van der Waals surface area contributed by atoms with Gasteiger partial charge in [0.25, 0.3) is 0 Å². The van der Waals surface area contributed by atoms with E-state index in [2.05, 4.69) is 5.32 Å². The lowest BCUT2D eigenvalue weighted by molar-refractivity contribution is 0.454. The highest BCUT2D eigenvalue weighted by atomic mass is 32.2. The second-order valence-corrected chi connectivity index (χ2v) is 6.55. The van der Waals surface area contributed by atoms with E-state index in [0.29, 0.717) is 12.2 Å². The van der Waals surface area contributed by atoms with Gasteiger partial charge in [-0.15, -0.1) is 0 Å². The van der Waals surface area contributed by atoms with Crippen molar-refractivity contribution >= 4 is 15.9 Å². The van der Waals surface area contributed by atoms with Gasteiger partial charge in [0, 0.05) is 20.6 Å². The molecular weight excluding hydrogens is 281 g/mol. The van der Waals surface area contributed by atoms with Gasteiger partial charge in [0.2, 0.25) is 0 Å². The zero-order valence-corrected chi connectivity index (χ0v) is 13.0. The molecule has 114 valence electrons. The first-order valence-electron chi connectivity index (χ1n) is 6.56. The van der Waals surface area contributed by atoms with Gasteiger partial charge in [0.05, 0.1) is 5.69 Å². The third kappa shape index (κ3) is 4.43. The van der Waals surface area contributed by atoms with Crippen molar-refractivity contribution in [3.8, 4) is 0 Å². The summed E-state index contributed by atoms with van der Waals surface area (Å²) in [6.45, 7) is 4.03. The Morgan fingerprint density at radius 1 is 1.30 bits per heavy atom. The molecule has 7 heteroatoms. The Labute approximate surface area is 120 Å². The van der Waals surface area contributed by atoms with Crippen molar-refractivity contribution in [1.29, 1.82) is 0 Å². The maximum Gasteiger partial charge on any atom is 0.303 e. The van der Waals surface area contributed by atoms with E-state index in [9.17, 15) is 12.8 Å². The number of hydrogen-bond acceptors (Lipinski definition) is 3. The molecule has 0 aliphatic carbocycles. The molecule has 1 N–H and O–H groups in total. The first kappa shape index (κ1) is 16.9. The number of anilines is 1. The maximum absolute atomic E-state index is 13.2. The van der Waals surface area contributed by atoms with E-state index in [4.69, 9.17) is 0 Å². The molecule has 5 nitrogen and oxygen atoms in total. The van der Waals surface area contributed by atoms with E-state index in [1.807, 2.05) is 6.92 Å². The third-order valence-electron chi connectivity index (χ3n) is 2.99. The van der Waals surface area contributed by atoms with E-state index in [-0.39, 0.29) is 0 Å². The molecule has 0 bridgehead atoms. The molecule has 0 aliphatic rings. The van der Waals surface area contributed by atoms with Crippen molar-refractivity contribution in [2.24, 2.45) is 0 Å². The average Bonchev–Trinajstić information content (AvgIpc) is 2.42. The van der Waals surface area contributed by atoms with Crippen molar-refractivity contribution in [3.05, 3.63) is 30.1 Å². The van der Waals surface area contributed by atoms with Crippen molar-refractivity contribution < 1.29 is 12.8 Å². The SMILES string of the molecule is CCNCCCN(C)S(=O)(=O)N(C)c1cccc(F)c1. The summed E-state index contributed by atoms with van der Waals surface area (Å²) < 4.78 is 40.2. The molecule has 1 aromatic rings. The molecule has 0 saturated carbocycles. The Morgan fingerprint density at radius 2 is 2.00 bits per heavy atom. The van der Waals surface area contributed by atoms with Crippen LogP contribution in [0.5, 0.6) is 0 Å². The van der Waals surface area contributed by atoms with Crippen LogP contribution >= 0.6 is 0 Å². The molecule has 0 atom stereocenters. The number of halogens is 1. The van der Waals surface area contributed by atoms with Crippen LogP contribution in [0.25, 0.3) is 0 Å². The fourth-order valence-corrected chi connectivity index (χ4v) is 2.89. The minimum atomic E-state index is -3.62. The lowest BCUT2D eigenvalue weighted by Crippen LogP contribution is -2.40. The second kappa shape index (κ2) is 7.56. The molecule has 0 fully saturated rings. The van der Waals surface area contributed by atoms with Gasteiger partial charge in [-0.1, -0.05) is 13.0 Å². The Balaban J connectivity index is 2.71. The van der Waals surface area contributed by atoms with Crippen LogP contribution in [0.4, 0.5) is 10.1 Å². The number of benzene rings is 1. The molecular formula is C13H22FN3O2S. The van der Waals surface area contributed by atoms with Crippen molar-refractivity contribution in [2.45, 2.75) is 13.3 Å². The smallest absolute Gasteiger partial charge is 0.303 e. The fourth-order valence-electron chi connectivity index (χ4n) is 1.73. The highest BCUT2D eigenvalue weighted by Gasteiger charge is 2.23. The van der Waals surface area contributed by atoms with Crippen LogP contribution in [0.3, 0.4) is 0 Å². The molecule has 0 amide bonds. The summed E-state index contributed by atoms with van der Waals surface area (Å²) in [5.41, 5.74) is 0.309. The molecule has 0 aliphatic heterocycles. The zero-order chi connectivity index (χ0) is 15.2. The summed E-state index contributed by atoms with van der Waals surface area (Å²) in [6.07, 6.45) is 0.723. The van der Waals surface area contributed by atoms with Gasteiger partial charge in [0.1, 0.15) is 5.82 Å². The van der Waals surface area contributed by atoms with Gasteiger partial charge >= 0.3 is 10.2 Å². The summed E-state index contributed by atoms with van der Waals surface area (Å²) in [5.74, 6) is -0.459. The normalized spacial score (nSPS) is 11.8. The van der Waals surface area contributed by atoms with Crippen LogP contribution in [0, 0.1) is 5.82 Å². The summed E-state index contributed by atoms with van der Waals surface area (Å²) in [6, 6.07) is 5.53. The minimum Gasteiger partial charge on any atom is -0.317 e. The third-order valence-corrected chi connectivity index (χ3v) is 4.86. The number of rotatable bonds is 8. The van der Waals surface area contributed by atoms with Gasteiger partial charge in [0.15, 0.2) is 0 Å². The van der Waals surface area contributed by atoms with Gasteiger partial charge in [-0.2, -0.15) is 12.7 Å². The molecule has 0 unspecified atom stereocenters. The van der Waals surface area contributed by atoms with Crippen molar-refractivity contribution in [1.82, 2.24) is 9.62 Å². The molecule has 0 heterocycles. The number of nitrogens with zero attached hydrogens (tertiary/aromatic N) is 2. The first-order valence-corrected chi connectivity index (χ1v) is 7.95. The van der Waals surface area contributed by atoms with Gasteiger partial charge in [-0.05, 0) is 37.7 Å². The van der Waals surface area contributed by atoms with Crippen LogP contribution in [0.1, 0.15) is 13.3 Å². The average molecular weight is 303 g/mol. The quantitative estimate of drug-likeness (QED) is 0.739. The van der Waals surface area contributed by atoms with E-state index < -0.39 is 16.0 Å². The maximum atomic E-state index is 13.2. The molecule has 1 rings (SSSR count). The van der Waals surface area contributed by atoms with Crippen LogP contribution in [0.15, 0.2) is 24.3 Å². The van der Waals surface area contributed by atoms with Crippen molar-refractivity contribution in [2.75, 3.05) is 38.0 Å². The van der Waals surface area contributed by atoms with Crippen molar-refractivity contribution in [3.63, 3.8) is 0 Å². The topological polar surface area (TPSA) is 52.7 Å². The standard InChI is InChI=1S/C13H22FN3O2S/c1-4-15-9-6-10-16(2)20(18,19)17(3)13-8-5-7-12(14)11-13/h5,7-8,11,15H,4,6,9-10H2,1-3H3. The summed E-state index contributed by atoms with van der Waals surface area (Å²) in [5, 5.41) is 3.14. The summed E-state index contributed by atoms with van der Waals surface area (Å²) in [4.78, 5) is 0. The van der Waals surface area contributed by atoms with Crippen LogP contribution in [-0.2, 0) is 10.2 Å². The van der Waals surface area contributed by atoms with E-state index in [0.717, 1.165) is 23.8 Å².